The van der Waals surface area contributed by atoms with Crippen LogP contribution in [0.15, 0.2) is 0 Å². The second kappa shape index (κ2) is 4.97. The largest absolute Gasteiger partial charge is 0.540 e. The summed E-state index contributed by atoms with van der Waals surface area (Å²) in [6.45, 7) is 0. The van der Waals surface area contributed by atoms with E-state index in [9.17, 15) is 53.1 Å². The average Bonchev–Trinajstić information content (AvgIpc) is 2.39. The zero-order valence-electron chi connectivity index (χ0n) is 9.97. The third-order valence-corrected chi connectivity index (χ3v) is 2.81. The standard InChI is InChI=1S/C8H2ClF11O3/c9-1-2(21)22-8(19,20)23-7(18)5(14,15)3(10,11)4(12,13)6(7,16)17/h1H2. The summed E-state index contributed by atoms with van der Waals surface area (Å²) in [7, 11) is 0. The number of carbonyl (C=O) groups is 1. The molecule has 0 aromatic carbocycles. The average molecular weight is 391 g/mol. The highest BCUT2D eigenvalue weighted by atomic mass is 35.5. The van der Waals surface area contributed by atoms with Crippen LogP contribution >= 0.6 is 11.6 Å². The van der Waals surface area contributed by atoms with Crippen LogP contribution in [0.3, 0.4) is 0 Å². The zero-order valence-corrected chi connectivity index (χ0v) is 10.7. The third-order valence-electron chi connectivity index (χ3n) is 2.59. The van der Waals surface area contributed by atoms with Crippen molar-refractivity contribution in [1.82, 2.24) is 0 Å². The monoisotopic (exact) mass is 390 g/mol. The maximum absolute atomic E-state index is 13.5. The Morgan fingerprint density at radius 3 is 1.48 bits per heavy atom. The summed E-state index contributed by atoms with van der Waals surface area (Å²) in [5, 5.41) is 0. The van der Waals surface area contributed by atoms with Gasteiger partial charge >= 0.3 is 41.8 Å². The fourth-order valence-corrected chi connectivity index (χ4v) is 1.52. The lowest BCUT2D eigenvalue weighted by Gasteiger charge is -2.32. The van der Waals surface area contributed by atoms with Crippen LogP contribution in [0.1, 0.15) is 0 Å². The maximum atomic E-state index is 13.5. The van der Waals surface area contributed by atoms with Gasteiger partial charge in [0.2, 0.25) is 0 Å². The van der Waals surface area contributed by atoms with Gasteiger partial charge in [-0.1, -0.05) is 0 Å². The van der Waals surface area contributed by atoms with Gasteiger partial charge < -0.3 is 4.74 Å². The van der Waals surface area contributed by atoms with E-state index in [-0.39, 0.29) is 0 Å². The normalized spacial score (nSPS) is 26.8. The van der Waals surface area contributed by atoms with E-state index in [0.717, 1.165) is 0 Å². The number of carbonyl (C=O) groups excluding carboxylic acids is 1. The number of hydrogen-bond acceptors (Lipinski definition) is 3. The summed E-state index contributed by atoms with van der Waals surface area (Å²) < 4.78 is 147. The fraction of sp³-hybridized carbons (Fsp3) is 0.875. The smallest absolute Gasteiger partial charge is 0.376 e. The van der Waals surface area contributed by atoms with Gasteiger partial charge in [0.1, 0.15) is 5.88 Å². The van der Waals surface area contributed by atoms with Crippen LogP contribution in [-0.4, -0.2) is 47.7 Å². The lowest BCUT2D eigenvalue weighted by Crippen LogP contribution is -2.59. The minimum absolute atomic E-state index is 1.45. The molecule has 0 aromatic rings. The van der Waals surface area contributed by atoms with Gasteiger partial charge in [0, 0.05) is 0 Å². The van der Waals surface area contributed by atoms with Gasteiger partial charge in [-0.05, 0) is 0 Å². The summed E-state index contributed by atoms with van der Waals surface area (Å²) >= 11 is 4.62. The maximum Gasteiger partial charge on any atom is 0.540 e. The second-order valence-corrected chi connectivity index (χ2v) is 4.33. The van der Waals surface area contributed by atoms with E-state index in [4.69, 9.17) is 0 Å². The first-order valence-electron chi connectivity index (χ1n) is 4.97. The molecule has 0 unspecified atom stereocenters. The van der Waals surface area contributed by atoms with Crippen molar-refractivity contribution < 1.29 is 62.6 Å². The van der Waals surface area contributed by atoms with Gasteiger partial charge in [-0.3, -0.25) is 4.79 Å². The molecule has 0 aliphatic heterocycles. The SMILES string of the molecule is O=C(CCl)OC(F)(F)OC1(F)C(F)(F)C(F)(F)C(F)(F)C1(F)F. The number of ether oxygens (including phenoxy) is 2. The van der Waals surface area contributed by atoms with Gasteiger partial charge in [-0.2, -0.15) is 39.5 Å². The molecule has 0 atom stereocenters. The summed E-state index contributed by atoms with van der Waals surface area (Å²) in [5.74, 6) is -39.1. The van der Waals surface area contributed by atoms with E-state index >= 15 is 0 Å². The quantitative estimate of drug-likeness (QED) is 0.319. The highest BCUT2D eigenvalue weighted by Gasteiger charge is 3.02. The van der Waals surface area contributed by atoms with Crippen molar-refractivity contribution in [3.63, 3.8) is 0 Å². The molecule has 15 heteroatoms. The van der Waals surface area contributed by atoms with E-state index < -0.39 is 47.7 Å². The van der Waals surface area contributed by atoms with Crippen LogP contribution in [0, 0.1) is 0 Å². The molecule has 0 amide bonds. The minimum atomic E-state index is -7.12. The highest BCUT2D eigenvalue weighted by Crippen LogP contribution is 2.70. The van der Waals surface area contributed by atoms with Gasteiger partial charge in [-0.15, -0.1) is 20.4 Å². The molecule has 0 N–H and O–H groups in total. The van der Waals surface area contributed by atoms with Crippen molar-refractivity contribution in [3.05, 3.63) is 0 Å². The molecule has 23 heavy (non-hydrogen) atoms. The summed E-state index contributed by atoms with van der Waals surface area (Å²) in [4.78, 5) is 10.4. The van der Waals surface area contributed by atoms with E-state index in [1.165, 1.54) is 0 Å². The molecule has 0 saturated heterocycles. The van der Waals surface area contributed by atoms with Crippen molar-refractivity contribution >= 4 is 17.6 Å². The Hall–Kier alpha value is -1.05. The molecule has 1 aliphatic carbocycles. The number of esters is 1. The molecular formula is C8H2ClF11O3. The molecular weight excluding hydrogens is 389 g/mol. The summed E-state index contributed by atoms with van der Waals surface area (Å²) in [6.07, 6.45) is -6.04. The molecule has 0 heterocycles. The van der Waals surface area contributed by atoms with Crippen molar-refractivity contribution in [2.24, 2.45) is 0 Å². The van der Waals surface area contributed by atoms with Crippen LogP contribution in [0.25, 0.3) is 0 Å². The van der Waals surface area contributed by atoms with Crippen LogP contribution in [-0.2, 0) is 14.3 Å². The molecule has 1 rings (SSSR count). The molecule has 3 nitrogen and oxygen atoms in total. The second-order valence-electron chi connectivity index (χ2n) is 4.07. The van der Waals surface area contributed by atoms with E-state index in [2.05, 4.69) is 21.1 Å². The predicted molar refractivity (Wildman–Crippen MR) is 46.5 cm³/mol. The Morgan fingerprint density at radius 1 is 0.826 bits per heavy atom. The summed E-state index contributed by atoms with van der Waals surface area (Å²) in [6, 6.07) is 0. The Balaban J connectivity index is 3.40. The lowest BCUT2D eigenvalue weighted by atomic mass is 10.1. The van der Waals surface area contributed by atoms with E-state index in [1.54, 1.807) is 0 Å². The van der Waals surface area contributed by atoms with Gasteiger partial charge in [0.15, 0.2) is 0 Å². The van der Waals surface area contributed by atoms with Crippen LogP contribution in [0.5, 0.6) is 0 Å². The first-order chi connectivity index (χ1) is 9.91. The molecule has 0 spiro atoms. The molecule has 136 valence electrons. The van der Waals surface area contributed by atoms with Crippen molar-refractivity contribution in [2.45, 2.75) is 35.8 Å². The molecule has 1 saturated carbocycles. The molecule has 1 fully saturated rings. The first-order valence-corrected chi connectivity index (χ1v) is 5.50. The number of alkyl halides is 12. The number of hydrogen-bond donors (Lipinski definition) is 0. The number of rotatable bonds is 4. The topological polar surface area (TPSA) is 35.5 Å². The Bertz CT molecular complexity index is 480. The highest BCUT2D eigenvalue weighted by molar-refractivity contribution is 6.26. The van der Waals surface area contributed by atoms with Gasteiger partial charge in [0.05, 0.1) is 0 Å². The molecule has 0 aromatic heterocycles. The van der Waals surface area contributed by atoms with Crippen molar-refractivity contribution in [1.29, 1.82) is 0 Å². The van der Waals surface area contributed by atoms with E-state index in [0.29, 0.717) is 0 Å². The Kier molecular flexibility index (Phi) is 4.32. The zero-order chi connectivity index (χ0) is 18.7. The number of halogens is 12. The summed E-state index contributed by atoms with van der Waals surface area (Å²) in [5.41, 5.74) is 0. The molecule has 0 radical (unpaired) electrons. The van der Waals surface area contributed by atoms with E-state index in [1.807, 2.05) is 0 Å². The Morgan fingerprint density at radius 2 is 1.17 bits per heavy atom. The van der Waals surface area contributed by atoms with Crippen molar-refractivity contribution in [2.75, 3.05) is 5.88 Å². The first kappa shape index (κ1) is 20.0. The molecule has 0 bridgehead atoms. The van der Waals surface area contributed by atoms with Crippen LogP contribution in [0.2, 0.25) is 0 Å². The van der Waals surface area contributed by atoms with Gasteiger partial charge in [-0.25, -0.2) is 4.74 Å². The Labute approximate surface area is 123 Å². The molecule has 1 aliphatic rings. The predicted octanol–water partition coefficient (Wildman–Crippen LogP) is 3.56. The van der Waals surface area contributed by atoms with Crippen LogP contribution < -0.4 is 0 Å². The minimum Gasteiger partial charge on any atom is -0.376 e. The van der Waals surface area contributed by atoms with Crippen LogP contribution in [0.4, 0.5) is 48.3 Å². The lowest BCUT2D eigenvalue weighted by molar-refractivity contribution is -0.482. The fourth-order valence-electron chi connectivity index (χ4n) is 1.47. The van der Waals surface area contributed by atoms with Gasteiger partial charge in [0.25, 0.3) is 0 Å². The third kappa shape index (κ3) is 2.32. The van der Waals surface area contributed by atoms with Crippen molar-refractivity contribution in [3.8, 4) is 0 Å².